The van der Waals surface area contributed by atoms with Crippen molar-refractivity contribution in [2.24, 2.45) is 0 Å². The Morgan fingerprint density at radius 3 is 0.771 bits per heavy atom. The van der Waals surface area contributed by atoms with Crippen LogP contribution in [0.2, 0.25) is 0 Å². The molecule has 2 aliphatic rings. The molecule has 4 atom stereocenters. The Balaban J connectivity index is 1.06. The minimum Gasteiger partial charge on any atom is -0.449 e. The van der Waals surface area contributed by atoms with Crippen LogP contribution in [0.4, 0.5) is 19.2 Å². The molecule has 0 bridgehead atoms. The number of nitrogens with one attached hydrogen (secondary N) is 4. The minimum absolute atomic E-state index is 0.198. The molecule has 0 saturated heterocycles. The van der Waals surface area contributed by atoms with Gasteiger partial charge in [-0.2, -0.15) is 0 Å². The molecular weight excluding hydrogens is 1040 g/mol. The van der Waals surface area contributed by atoms with E-state index in [9.17, 15) is 19.2 Å². The van der Waals surface area contributed by atoms with Crippen molar-refractivity contribution in [3.63, 3.8) is 0 Å². The van der Waals surface area contributed by atoms with Gasteiger partial charge < -0.3 is 40.2 Å². The van der Waals surface area contributed by atoms with E-state index in [1.54, 1.807) is 94.1 Å². The molecule has 12 nitrogen and oxygen atoms in total. The third-order valence-corrected chi connectivity index (χ3v) is 21.4. The lowest BCUT2D eigenvalue weighted by Crippen LogP contribution is -2.28. The second-order valence-corrected chi connectivity index (χ2v) is 25.2. The van der Waals surface area contributed by atoms with Crippen LogP contribution >= 0.6 is 94.1 Å². The molecule has 2 heterocycles. The van der Waals surface area contributed by atoms with E-state index < -0.39 is 24.4 Å². The summed E-state index contributed by atoms with van der Waals surface area (Å²) in [7, 11) is 0. The van der Waals surface area contributed by atoms with Crippen LogP contribution in [-0.4, -0.2) is 73.8 Å². The summed E-state index contributed by atoms with van der Waals surface area (Å²) in [6, 6.07) is 38.1. The van der Waals surface area contributed by atoms with Gasteiger partial charge in [-0.3, -0.25) is 0 Å². The van der Waals surface area contributed by atoms with Crippen LogP contribution < -0.4 is 21.3 Å². The zero-order valence-corrected chi connectivity index (χ0v) is 45.6. The number of carbonyl (C=O) groups is 4. The second-order valence-electron chi connectivity index (χ2n) is 15.2. The first-order valence-electron chi connectivity index (χ1n) is 22.4. The van der Waals surface area contributed by atoms with E-state index in [2.05, 4.69) is 21.3 Å². The van der Waals surface area contributed by atoms with E-state index in [1.165, 1.54) is 0 Å². The van der Waals surface area contributed by atoms with E-state index in [-0.39, 0.29) is 50.6 Å². The zero-order chi connectivity index (χ0) is 49.5. The van der Waals surface area contributed by atoms with Gasteiger partial charge in [0.1, 0.15) is 26.4 Å². The van der Waals surface area contributed by atoms with Crippen LogP contribution in [0.3, 0.4) is 0 Å². The molecular formula is C50H56N4O8S8. The maximum atomic E-state index is 12.7. The van der Waals surface area contributed by atoms with Crippen molar-refractivity contribution in [3.8, 4) is 0 Å². The smallest absolute Gasteiger partial charge is 0.407 e. The van der Waals surface area contributed by atoms with Crippen LogP contribution in [0.1, 0.15) is 74.1 Å². The van der Waals surface area contributed by atoms with Gasteiger partial charge in [0.25, 0.3) is 0 Å². The van der Waals surface area contributed by atoms with Gasteiger partial charge in [0, 0.05) is 23.0 Å². The Morgan fingerprint density at radius 1 is 0.371 bits per heavy atom. The van der Waals surface area contributed by atoms with Crippen molar-refractivity contribution in [2.75, 3.05) is 49.4 Å². The third-order valence-electron chi connectivity index (χ3n) is 9.98. The maximum Gasteiger partial charge on any atom is 0.407 e. The zero-order valence-electron chi connectivity index (χ0n) is 39.0. The predicted octanol–water partition coefficient (Wildman–Crippen LogP) is 14.2. The Kier molecular flexibility index (Phi) is 23.8. The minimum atomic E-state index is -0.478. The van der Waals surface area contributed by atoms with Gasteiger partial charge in [-0.1, -0.05) is 168 Å². The number of carbonyl (C=O) groups excluding carboxylic acids is 4. The van der Waals surface area contributed by atoms with Gasteiger partial charge in [-0.15, -0.1) is 47.0 Å². The van der Waals surface area contributed by atoms with Crippen molar-refractivity contribution in [3.05, 3.63) is 169 Å². The van der Waals surface area contributed by atoms with Crippen molar-refractivity contribution < 1.29 is 38.1 Å². The molecule has 4 aromatic rings. The summed E-state index contributed by atoms with van der Waals surface area (Å²) in [6.07, 6.45) is -1.91. The largest absolute Gasteiger partial charge is 0.449 e. The lowest BCUT2D eigenvalue weighted by molar-refractivity contribution is 0.149. The van der Waals surface area contributed by atoms with E-state index in [0.717, 1.165) is 47.7 Å². The van der Waals surface area contributed by atoms with Crippen molar-refractivity contribution in [2.45, 2.75) is 51.9 Å². The van der Waals surface area contributed by atoms with Crippen LogP contribution in [0.5, 0.6) is 0 Å². The molecule has 4 aromatic carbocycles. The van der Waals surface area contributed by atoms with Crippen molar-refractivity contribution in [1.29, 1.82) is 0 Å². The maximum absolute atomic E-state index is 12.7. The summed E-state index contributed by atoms with van der Waals surface area (Å²) in [4.78, 5) is 50.8. The first-order chi connectivity index (χ1) is 34.0. The third kappa shape index (κ3) is 18.9. The first kappa shape index (κ1) is 55.3. The highest BCUT2D eigenvalue weighted by Gasteiger charge is 2.31. The molecule has 2 aliphatic heterocycles. The van der Waals surface area contributed by atoms with Crippen LogP contribution in [0.25, 0.3) is 0 Å². The van der Waals surface area contributed by atoms with Crippen molar-refractivity contribution >= 4 is 118 Å². The molecule has 20 heteroatoms. The van der Waals surface area contributed by atoms with E-state index in [0.29, 0.717) is 23.0 Å². The Hall–Kier alpha value is -4.02. The number of thioether (sulfide) groups is 8. The van der Waals surface area contributed by atoms with E-state index >= 15 is 0 Å². The molecule has 0 saturated carbocycles. The van der Waals surface area contributed by atoms with Gasteiger partial charge in [-0.05, 0) is 49.9 Å². The average Bonchev–Trinajstić information content (AvgIpc) is 3.98. The summed E-state index contributed by atoms with van der Waals surface area (Å²) in [5.41, 5.74) is 3.96. The second kappa shape index (κ2) is 30.1. The van der Waals surface area contributed by atoms with Gasteiger partial charge >= 0.3 is 24.4 Å². The van der Waals surface area contributed by atoms with Gasteiger partial charge in [-0.25, -0.2) is 19.2 Å². The molecule has 0 radical (unpaired) electrons. The van der Waals surface area contributed by atoms with Gasteiger partial charge in [0.15, 0.2) is 0 Å². The standard InChI is InChI=1S/C50H56N4O8S8/c1-33(37-17-9-5-10-18-37)51-47(55)59-25-29-63-41-42(64-30-26-60-48(56)52-34(2)38-19-11-6-12-20-38)68-45(67-41)46-69-43(65-31-27-61-49(57)53-35(3)39-21-13-7-14-22-39)44(70-46)66-32-28-62-50(58)54-36(4)40-23-15-8-16-24-40/h5-24,33-36H,25-32H2,1-4H3,(H,51,55)(H,52,56)(H,53,57)(H,54,58). The lowest BCUT2D eigenvalue weighted by Gasteiger charge is -2.14. The molecule has 4 amide bonds. The number of hydrogen-bond donors (Lipinski definition) is 4. The van der Waals surface area contributed by atoms with Crippen LogP contribution in [0.15, 0.2) is 147 Å². The molecule has 372 valence electrons. The molecule has 0 fully saturated rings. The molecule has 6 rings (SSSR count). The number of amides is 4. The first-order valence-corrected chi connectivity index (χ1v) is 29.6. The quantitative estimate of drug-likeness (QED) is 0.0388. The highest BCUT2D eigenvalue weighted by Crippen LogP contribution is 2.66. The highest BCUT2D eigenvalue weighted by atomic mass is 32.3. The summed E-state index contributed by atoms with van der Waals surface area (Å²) < 4.78 is 28.9. The normalized spacial score (nSPS) is 15.1. The number of hydrogen-bond acceptors (Lipinski definition) is 16. The summed E-state index contributed by atoms with van der Waals surface area (Å²) in [6.45, 7) is 8.52. The SMILES string of the molecule is CC(NC(=O)OCCSC1=C(SCCOC(=O)NC(C)c2ccccc2)SC(=C2SC(SCCOC(=O)NC(C)c3ccccc3)=C(SCCOC(=O)NC(C)c3ccccc3)S2)S1)c1ccccc1. The van der Waals surface area contributed by atoms with Crippen molar-refractivity contribution in [1.82, 2.24) is 21.3 Å². The van der Waals surface area contributed by atoms with Crippen LogP contribution in [0, 0.1) is 0 Å². The predicted molar refractivity (Wildman–Crippen MR) is 299 cm³/mol. The molecule has 4 N–H and O–H groups in total. The molecule has 70 heavy (non-hydrogen) atoms. The fourth-order valence-corrected chi connectivity index (χ4v) is 17.9. The Labute approximate surface area is 444 Å². The number of benzene rings is 4. The van der Waals surface area contributed by atoms with Crippen LogP contribution in [-0.2, 0) is 18.9 Å². The molecule has 4 unspecified atom stereocenters. The molecule has 0 aromatic heterocycles. The number of rotatable bonds is 24. The molecule has 0 aliphatic carbocycles. The monoisotopic (exact) mass is 1100 g/mol. The fourth-order valence-electron chi connectivity index (χ4n) is 6.31. The average molecular weight is 1100 g/mol. The Morgan fingerprint density at radius 2 is 0.571 bits per heavy atom. The topological polar surface area (TPSA) is 153 Å². The fraction of sp³-hybridized carbons (Fsp3) is 0.320. The summed E-state index contributed by atoms with van der Waals surface area (Å²) in [5, 5.41) is 11.6. The number of alkyl carbamates (subject to hydrolysis) is 4. The summed E-state index contributed by atoms with van der Waals surface area (Å²) in [5.74, 6) is 2.15. The van der Waals surface area contributed by atoms with E-state index in [4.69, 9.17) is 18.9 Å². The molecule has 0 spiro atoms. The Bertz CT molecular complexity index is 2090. The summed E-state index contributed by atoms with van der Waals surface area (Å²) >= 11 is 13.2. The number of ether oxygens (including phenoxy) is 4. The van der Waals surface area contributed by atoms with E-state index in [1.807, 2.05) is 149 Å². The van der Waals surface area contributed by atoms with Gasteiger partial charge in [0.2, 0.25) is 0 Å². The lowest BCUT2D eigenvalue weighted by atomic mass is 10.1. The van der Waals surface area contributed by atoms with Gasteiger partial charge in [0.05, 0.1) is 49.6 Å². The highest BCUT2D eigenvalue weighted by molar-refractivity contribution is 8.45.